The zero-order valence-electron chi connectivity index (χ0n) is 16.6. The minimum atomic E-state index is -0.809. The lowest BCUT2D eigenvalue weighted by Crippen LogP contribution is -2.24. The Labute approximate surface area is 170 Å². The summed E-state index contributed by atoms with van der Waals surface area (Å²) in [7, 11) is 0. The molecule has 2 rings (SSSR count). The lowest BCUT2D eigenvalue weighted by molar-refractivity contribution is -0.137. The Balaban J connectivity index is 1.78. The van der Waals surface area contributed by atoms with Gasteiger partial charge in [0.05, 0.1) is 18.3 Å². The van der Waals surface area contributed by atoms with Gasteiger partial charge in [0.1, 0.15) is 11.6 Å². The Hall–Kier alpha value is -1.57. The highest BCUT2D eigenvalue weighted by Gasteiger charge is 2.40. The monoisotopic (exact) mass is 414 g/mol. The van der Waals surface area contributed by atoms with Crippen LogP contribution in [0.1, 0.15) is 63.4 Å². The average molecular weight is 414 g/mol. The molecule has 5 atom stereocenters. The number of rotatable bonds is 12. The second-order valence-corrected chi connectivity index (χ2v) is 8.22. The summed E-state index contributed by atoms with van der Waals surface area (Å²) < 4.78 is 26.7. The molecule has 0 aromatic heterocycles. The molecule has 29 heavy (non-hydrogen) atoms. The summed E-state index contributed by atoms with van der Waals surface area (Å²) in [5.74, 6) is -2.31. The first-order chi connectivity index (χ1) is 13.8. The third-order valence-corrected chi connectivity index (χ3v) is 6.00. The standard InChI is InChI=1S/C22H32F2O5/c23-15-8-7-14(19(24)12-15)11-16(25)9-10-18-17(20(26)13-21(18)27)5-3-1-2-4-6-22(28)29/h7-8,12,16-18,20-21,25-27H,1-6,9-11,13H2,(H,28,29)/t16?,17-,18-,20+,21-/m1/s1. The van der Waals surface area contributed by atoms with Crippen molar-refractivity contribution in [2.75, 3.05) is 0 Å². The van der Waals surface area contributed by atoms with Crippen molar-refractivity contribution in [2.45, 2.75) is 82.5 Å². The van der Waals surface area contributed by atoms with Crippen LogP contribution in [0.15, 0.2) is 18.2 Å². The van der Waals surface area contributed by atoms with Crippen LogP contribution < -0.4 is 0 Å². The van der Waals surface area contributed by atoms with Gasteiger partial charge in [-0.3, -0.25) is 4.79 Å². The quantitative estimate of drug-likeness (QED) is 0.393. The molecule has 0 spiro atoms. The van der Waals surface area contributed by atoms with Crippen LogP contribution in [0.3, 0.4) is 0 Å². The van der Waals surface area contributed by atoms with Gasteiger partial charge in [-0.15, -0.1) is 0 Å². The molecule has 0 bridgehead atoms. The number of carboxylic acids is 1. The number of halogens is 2. The normalized spacial score (nSPS) is 25.3. The Morgan fingerprint density at radius 1 is 1.03 bits per heavy atom. The van der Waals surface area contributed by atoms with Crippen LogP contribution >= 0.6 is 0 Å². The molecule has 1 aromatic rings. The topological polar surface area (TPSA) is 98.0 Å². The molecule has 7 heteroatoms. The fraction of sp³-hybridized carbons (Fsp3) is 0.682. The van der Waals surface area contributed by atoms with Gasteiger partial charge in [0.2, 0.25) is 0 Å². The number of unbranched alkanes of at least 4 members (excludes halogenated alkanes) is 3. The molecule has 1 aromatic carbocycles. The van der Waals surface area contributed by atoms with Gasteiger partial charge in [-0.05, 0) is 55.6 Å². The van der Waals surface area contributed by atoms with Crippen LogP contribution in [-0.2, 0) is 11.2 Å². The van der Waals surface area contributed by atoms with Gasteiger partial charge in [0, 0.05) is 18.9 Å². The van der Waals surface area contributed by atoms with Crippen molar-refractivity contribution < 1.29 is 34.0 Å². The fourth-order valence-corrected chi connectivity index (χ4v) is 4.42. The lowest BCUT2D eigenvalue weighted by atomic mass is 9.84. The highest BCUT2D eigenvalue weighted by molar-refractivity contribution is 5.66. The smallest absolute Gasteiger partial charge is 0.303 e. The molecule has 1 aliphatic rings. The summed E-state index contributed by atoms with van der Waals surface area (Å²) in [4.78, 5) is 10.5. The summed E-state index contributed by atoms with van der Waals surface area (Å²) in [6.45, 7) is 0. The first kappa shape index (κ1) is 23.7. The maximum atomic E-state index is 13.7. The number of hydrogen-bond acceptors (Lipinski definition) is 4. The Kier molecular flexibility index (Phi) is 9.46. The molecule has 0 aliphatic heterocycles. The summed E-state index contributed by atoms with van der Waals surface area (Å²) in [5, 5.41) is 39.5. The van der Waals surface area contributed by atoms with E-state index in [4.69, 9.17) is 5.11 Å². The van der Waals surface area contributed by atoms with Gasteiger partial charge in [0.15, 0.2) is 0 Å². The predicted molar refractivity (Wildman–Crippen MR) is 104 cm³/mol. The number of aliphatic carboxylic acids is 1. The van der Waals surface area contributed by atoms with Crippen LogP contribution in [0.2, 0.25) is 0 Å². The molecule has 4 N–H and O–H groups in total. The van der Waals surface area contributed by atoms with Crippen molar-refractivity contribution >= 4 is 5.97 Å². The lowest BCUT2D eigenvalue weighted by Gasteiger charge is -2.24. The molecule has 1 unspecified atom stereocenters. The van der Waals surface area contributed by atoms with Gasteiger partial charge in [-0.1, -0.05) is 25.3 Å². The molecule has 0 radical (unpaired) electrons. The van der Waals surface area contributed by atoms with Crippen molar-refractivity contribution in [2.24, 2.45) is 11.8 Å². The third kappa shape index (κ3) is 7.64. The van der Waals surface area contributed by atoms with E-state index >= 15 is 0 Å². The van der Waals surface area contributed by atoms with E-state index in [2.05, 4.69) is 0 Å². The predicted octanol–water partition coefficient (Wildman–Crippen LogP) is 3.43. The molecule has 1 fully saturated rings. The van der Waals surface area contributed by atoms with Crippen LogP contribution in [0, 0.1) is 23.5 Å². The molecular weight excluding hydrogens is 382 g/mol. The summed E-state index contributed by atoms with van der Waals surface area (Å²) in [6.07, 6.45) is 3.37. The minimum absolute atomic E-state index is 0.0563. The Morgan fingerprint density at radius 2 is 1.69 bits per heavy atom. The van der Waals surface area contributed by atoms with Crippen LogP contribution in [0.5, 0.6) is 0 Å². The number of benzene rings is 1. The van der Waals surface area contributed by atoms with E-state index in [1.54, 1.807) is 0 Å². The SMILES string of the molecule is O=C(O)CCCCCC[C@@H]1[C@@H](CCC(O)Cc2ccc(F)cc2F)[C@H](O)C[C@@H]1O. The molecule has 0 heterocycles. The summed E-state index contributed by atoms with van der Waals surface area (Å²) in [6, 6.07) is 3.29. The van der Waals surface area contributed by atoms with Gasteiger partial charge >= 0.3 is 5.97 Å². The number of carbonyl (C=O) groups is 1. The first-order valence-electron chi connectivity index (χ1n) is 10.5. The molecule has 0 amide bonds. The highest BCUT2D eigenvalue weighted by atomic mass is 19.1. The molecule has 1 aliphatic carbocycles. The van der Waals surface area contributed by atoms with Gasteiger partial charge < -0.3 is 20.4 Å². The maximum Gasteiger partial charge on any atom is 0.303 e. The van der Waals surface area contributed by atoms with Crippen molar-refractivity contribution in [3.05, 3.63) is 35.4 Å². The minimum Gasteiger partial charge on any atom is -0.481 e. The van der Waals surface area contributed by atoms with E-state index < -0.39 is 35.9 Å². The van der Waals surface area contributed by atoms with Gasteiger partial charge in [-0.2, -0.15) is 0 Å². The largest absolute Gasteiger partial charge is 0.481 e. The third-order valence-electron chi connectivity index (χ3n) is 6.00. The number of hydrogen-bond donors (Lipinski definition) is 4. The van der Waals surface area contributed by atoms with E-state index in [9.17, 15) is 28.9 Å². The van der Waals surface area contributed by atoms with Crippen molar-refractivity contribution in [3.63, 3.8) is 0 Å². The number of aliphatic hydroxyl groups is 3. The first-order valence-corrected chi connectivity index (χ1v) is 10.5. The maximum absolute atomic E-state index is 13.7. The van der Waals surface area contributed by atoms with E-state index in [1.165, 1.54) is 6.07 Å². The van der Waals surface area contributed by atoms with E-state index in [1.807, 2.05) is 0 Å². The van der Waals surface area contributed by atoms with Gasteiger partial charge in [0.25, 0.3) is 0 Å². The fourth-order valence-electron chi connectivity index (χ4n) is 4.42. The van der Waals surface area contributed by atoms with E-state index in [0.29, 0.717) is 25.7 Å². The van der Waals surface area contributed by atoms with Gasteiger partial charge in [-0.25, -0.2) is 8.78 Å². The van der Waals surface area contributed by atoms with Crippen molar-refractivity contribution in [1.29, 1.82) is 0 Å². The molecular formula is C22H32F2O5. The summed E-state index contributed by atoms with van der Waals surface area (Å²) in [5.41, 5.74) is 0.254. The van der Waals surface area contributed by atoms with Crippen molar-refractivity contribution in [3.8, 4) is 0 Å². The number of aliphatic hydroxyl groups excluding tert-OH is 3. The molecule has 0 saturated heterocycles. The average Bonchev–Trinajstić information content (AvgIpc) is 2.91. The Bertz CT molecular complexity index is 654. The van der Waals surface area contributed by atoms with Crippen LogP contribution in [-0.4, -0.2) is 44.7 Å². The van der Waals surface area contributed by atoms with Crippen molar-refractivity contribution in [1.82, 2.24) is 0 Å². The van der Waals surface area contributed by atoms with Crippen LogP contribution in [0.4, 0.5) is 8.78 Å². The zero-order chi connectivity index (χ0) is 21.4. The molecule has 164 valence electrons. The highest BCUT2D eigenvalue weighted by Crippen LogP contribution is 2.39. The molecule has 5 nitrogen and oxygen atoms in total. The van der Waals surface area contributed by atoms with Crippen LogP contribution in [0.25, 0.3) is 0 Å². The molecule has 1 saturated carbocycles. The summed E-state index contributed by atoms with van der Waals surface area (Å²) >= 11 is 0. The van der Waals surface area contributed by atoms with E-state index in [-0.39, 0.29) is 30.2 Å². The second kappa shape index (κ2) is 11.6. The number of carboxylic acid groups (broad SMARTS) is 1. The zero-order valence-corrected chi connectivity index (χ0v) is 16.6. The van der Waals surface area contributed by atoms with E-state index in [0.717, 1.165) is 37.8 Å². The Morgan fingerprint density at radius 3 is 2.34 bits per heavy atom. The second-order valence-electron chi connectivity index (χ2n) is 8.22.